The van der Waals surface area contributed by atoms with Crippen molar-refractivity contribution in [3.8, 4) is 0 Å². The topological polar surface area (TPSA) is 72.2 Å². The lowest BCUT2D eigenvalue weighted by Crippen LogP contribution is -2.01. The van der Waals surface area contributed by atoms with E-state index in [1.54, 1.807) is 25.1 Å². The second-order valence-electron chi connectivity index (χ2n) is 4.61. The van der Waals surface area contributed by atoms with Crippen LogP contribution in [0.25, 0.3) is 0 Å². The molecule has 2 aromatic carbocycles. The maximum atomic E-state index is 13.2. The summed E-state index contributed by atoms with van der Waals surface area (Å²) in [7, 11) is -3.28. The Morgan fingerprint density at radius 1 is 1.15 bits per heavy atom. The SMILES string of the molecule is Cc1cc(Nc2ccc(S(C)(=O)=O)cc2N)ccc1F. The van der Waals surface area contributed by atoms with Crippen molar-refractivity contribution in [2.24, 2.45) is 0 Å². The summed E-state index contributed by atoms with van der Waals surface area (Å²) in [4.78, 5) is 0.163. The molecule has 0 spiro atoms. The van der Waals surface area contributed by atoms with Crippen molar-refractivity contribution >= 4 is 26.9 Å². The van der Waals surface area contributed by atoms with Crippen molar-refractivity contribution in [1.29, 1.82) is 0 Å². The highest BCUT2D eigenvalue weighted by Crippen LogP contribution is 2.26. The van der Waals surface area contributed by atoms with Crippen LogP contribution >= 0.6 is 0 Å². The number of halogens is 1. The minimum Gasteiger partial charge on any atom is -0.397 e. The summed E-state index contributed by atoms with van der Waals surface area (Å²) in [5, 5.41) is 3.03. The van der Waals surface area contributed by atoms with Gasteiger partial charge in [-0.25, -0.2) is 12.8 Å². The number of hydrogen-bond acceptors (Lipinski definition) is 4. The number of nitrogen functional groups attached to an aromatic ring is 1. The largest absolute Gasteiger partial charge is 0.397 e. The Bertz CT molecular complexity index is 758. The van der Waals surface area contributed by atoms with Gasteiger partial charge in [0.15, 0.2) is 9.84 Å². The molecule has 6 heteroatoms. The third-order valence-corrected chi connectivity index (χ3v) is 4.00. The number of nitrogens with one attached hydrogen (secondary N) is 1. The molecule has 0 bridgehead atoms. The van der Waals surface area contributed by atoms with Gasteiger partial charge in [0.25, 0.3) is 0 Å². The van der Waals surface area contributed by atoms with E-state index < -0.39 is 9.84 Å². The first kappa shape index (κ1) is 14.3. The molecule has 0 aliphatic heterocycles. The number of rotatable bonds is 3. The predicted octanol–water partition coefficient (Wildman–Crippen LogP) is 2.86. The molecular formula is C14H15FN2O2S. The first-order valence-corrected chi connectivity index (χ1v) is 7.79. The lowest BCUT2D eigenvalue weighted by atomic mass is 10.2. The van der Waals surface area contributed by atoms with Crippen LogP contribution in [0.2, 0.25) is 0 Å². The number of anilines is 3. The summed E-state index contributed by atoms with van der Waals surface area (Å²) in [6.07, 6.45) is 1.12. The molecule has 20 heavy (non-hydrogen) atoms. The van der Waals surface area contributed by atoms with Crippen LogP contribution in [0.1, 0.15) is 5.56 Å². The van der Waals surface area contributed by atoms with E-state index >= 15 is 0 Å². The minimum atomic E-state index is -3.28. The van der Waals surface area contributed by atoms with Crippen LogP contribution in [0.15, 0.2) is 41.3 Å². The fourth-order valence-corrected chi connectivity index (χ4v) is 2.42. The molecule has 0 saturated heterocycles. The zero-order chi connectivity index (χ0) is 14.9. The average molecular weight is 294 g/mol. The Labute approximate surface area is 117 Å². The first-order valence-electron chi connectivity index (χ1n) is 5.90. The molecule has 0 radical (unpaired) electrons. The average Bonchev–Trinajstić information content (AvgIpc) is 2.35. The Morgan fingerprint density at radius 3 is 2.40 bits per heavy atom. The van der Waals surface area contributed by atoms with Crippen LogP contribution in [0.4, 0.5) is 21.5 Å². The normalized spacial score (nSPS) is 11.3. The fraction of sp³-hybridized carbons (Fsp3) is 0.143. The van der Waals surface area contributed by atoms with E-state index in [0.717, 1.165) is 6.26 Å². The van der Waals surface area contributed by atoms with Gasteiger partial charge in [0.05, 0.1) is 16.3 Å². The van der Waals surface area contributed by atoms with Crippen molar-refractivity contribution < 1.29 is 12.8 Å². The van der Waals surface area contributed by atoms with Crippen LogP contribution in [-0.2, 0) is 9.84 Å². The van der Waals surface area contributed by atoms with Gasteiger partial charge in [0.2, 0.25) is 0 Å². The number of nitrogens with two attached hydrogens (primary N) is 1. The number of aryl methyl sites for hydroxylation is 1. The molecule has 106 valence electrons. The number of sulfone groups is 1. The zero-order valence-electron chi connectivity index (χ0n) is 11.1. The molecule has 0 unspecified atom stereocenters. The molecule has 0 atom stereocenters. The van der Waals surface area contributed by atoms with E-state index in [1.165, 1.54) is 18.2 Å². The smallest absolute Gasteiger partial charge is 0.175 e. The summed E-state index contributed by atoms with van der Waals surface area (Å²) in [5.41, 5.74) is 7.92. The summed E-state index contributed by atoms with van der Waals surface area (Å²) in [6.45, 7) is 1.66. The minimum absolute atomic E-state index is 0.163. The third-order valence-electron chi connectivity index (χ3n) is 2.89. The Hall–Kier alpha value is -2.08. The van der Waals surface area contributed by atoms with Crippen LogP contribution in [0.5, 0.6) is 0 Å². The second kappa shape index (κ2) is 5.13. The first-order chi connectivity index (χ1) is 9.27. The van der Waals surface area contributed by atoms with Crippen molar-refractivity contribution in [3.05, 3.63) is 47.8 Å². The highest BCUT2D eigenvalue weighted by atomic mass is 32.2. The molecule has 0 saturated carbocycles. The van der Waals surface area contributed by atoms with Crippen molar-refractivity contribution in [3.63, 3.8) is 0 Å². The number of benzene rings is 2. The second-order valence-corrected chi connectivity index (χ2v) is 6.63. The molecule has 0 aliphatic carbocycles. The van der Waals surface area contributed by atoms with E-state index in [0.29, 0.717) is 22.6 Å². The Kier molecular flexibility index (Phi) is 3.67. The highest BCUT2D eigenvalue weighted by molar-refractivity contribution is 7.90. The molecule has 0 amide bonds. The molecule has 2 rings (SSSR count). The lowest BCUT2D eigenvalue weighted by Gasteiger charge is -2.11. The van der Waals surface area contributed by atoms with E-state index in [4.69, 9.17) is 5.73 Å². The quantitative estimate of drug-likeness (QED) is 0.854. The maximum absolute atomic E-state index is 13.2. The molecule has 0 aromatic heterocycles. The van der Waals surface area contributed by atoms with E-state index in [9.17, 15) is 12.8 Å². The molecule has 4 nitrogen and oxygen atoms in total. The molecule has 0 fully saturated rings. The van der Waals surface area contributed by atoms with E-state index in [2.05, 4.69) is 5.32 Å². The van der Waals surface area contributed by atoms with Gasteiger partial charge in [0.1, 0.15) is 5.82 Å². The standard InChI is InChI=1S/C14H15FN2O2S/c1-9-7-10(3-5-12(9)15)17-14-6-4-11(8-13(14)16)20(2,18)19/h3-8,17H,16H2,1-2H3. The van der Waals surface area contributed by atoms with Gasteiger partial charge in [0, 0.05) is 11.9 Å². The van der Waals surface area contributed by atoms with Crippen molar-refractivity contribution in [1.82, 2.24) is 0 Å². The van der Waals surface area contributed by atoms with Gasteiger partial charge in [-0.3, -0.25) is 0 Å². The Balaban J connectivity index is 2.32. The van der Waals surface area contributed by atoms with Crippen LogP contribution in [0.3, 0.4) is 0 Å². The zero-order valence-corrected chi connectivity index (χ0v) is 12.0. The van der Waals surface area contributed by atoms with Crippen LogP contribution in [-0.4, -0.2) is 14.7 Å². The van der Waals surface area contributed by atoms with Gasteiger partial charge in [-0.05, 0) is 48.9 Å². The van der Waals surface area contributed by atoms with Gasteiger partial charge in [-0.2, -0.15) is 0 Å². The Morgan fingerprint density at radius 2 is 1.85 bits per heavy atom. The summed E-state index contributed by atoms with van der Waals surface area (Å²) in [5.74, 6) is -0.282. The van der Waals surface area contributed by atoms with Crippen LogP contribution < -0.4 is 11.1 Å². The summed E-state index contributed by atoms with van der Waals surface area (Å²) < 4.78 is 36.0. The van der Waals surface area contributed by atoms with Crippen LogP contribution in [0, 0.1) is 12.7 Å². The van der Waals surface area contributed by atoms with E-state index in [1.807, 2.05) is 0 Å². The number of hydrogen-bond donors (Lipinski definition) is 2. The van der Waals surface area contributed by atoms with E-state index in [-0.39, 0.29) is 10.7 Å². The predicted molar refractivity (Wildman–Crippen MR) is 78.4 cm³/mol. The van der Waals surface area contributed by atoms with Gasteiger partial charge in [-0.1, -0.05) is 0 Å². The van der Waals surface area contributed by atoms with Crippen molar-refractivity contribution in [2.45, 2.75) is 11.8 Å². The fourth-order valence-electron chi connectivity index (χ4n) is 1.76. The summed E-state index contributed by atoms with van der Waals surface area (Å²) >= 11 is 0. The molecule has 3 N–H and O–H groups in total. The molecule has 0 heterocycles. The van der Waals surface area contributed by atoms with Gasteiger partial charge in [-0.15, -0.1) is 0 Å². The van der Waals surface area contributed by atoms with Gasteiger partial charge < -0.3 is 11.1 Å². The molecule has 2 aromatic rings. The summed E-state index contributed by atoms with van der Waals surface area (Å²) in [6, 6.07) is 9.06. The lowest BCUT2D eigenvalue weighted by molar-refractivity contribution is 0.602. The molecular weight excluding hydrogens is 279 g/mol. The third kappa shape index (κ3) is 3.08. The molecule has 0 aliphatic rings. The maximum Gasteiger partial charge on any atom is 0.175 e. The highest BCUT2D eigenvalue weighted by Gasteiger charge is 2.10. The van der Waals surface area contributed by atoms with Gasteiger partial charge >= 0.3 is 0 Å². The monoisotopic (exact) mass is 294 g/mol. The van der Waals surface area contributed by atoms with Crippen molar-refractivity contribution in [2.75, 3.05) is 17.3 Å².